The Morgan fingerprint density at radius 2 is 1.64 bits per heavy atom. The molecule has 0 aliphatic carbocycles. The third-order valence-electron chi connectivity index (χ3n) is 7.73. The second kappa shape index (κ2) is 14.6. The lowest BCUT2D eigenvalue weighted by Gasteiger charge is -2.30. The van der Waals surface area contributed by atoms with Crippen LogP contribution in [0.2, 0.25) is 0 Å². The molecule has 0 saturated heterocycles. The molecule has 8 nitrogen and oxygen atoms in total. The minimum absolute atomic E-state index is 0.0640. The maximum absolute atomic E-state index is 14.3. The van der Waals surface area contributed by atoms with Crippen molar-refractivity contribution in [3.8, 4) is 28.4 Å². The standard InChI is InChI=1S/C37H38N2O6/c1-4-22-37(36(41)38-25-30-12-8-13-32(42-2)33(30)43-3)34(28-16-14-27(15-17-28)26-10-6-5-7-11-26)45-35(39-37)29-18-20-31(21-19-29)44-24-9-23-40/h4-8,10-21,34,40H,1,9,22-25H2,2-3H3,(H,38,41)/t34-,37-/m1/s1. The number of para-hydroxylation sites is 1. The van der Waals surface area contributed by atoms with Crippen molar-refractivity contribution in [3.05, 3.63) is 126 Å². The molecule has 0 aromatic heterocycles. The number of methoxy groups -OCH3 is 2. The summed E-state index contributed by atoms with van der Waals surface area (Å²) in [6, 6.07) is 31.0. The first-order valence-corrected chi connectivity index (χ1v) is 14.9. The highest BCUT2D eigenvalue weighted by Gasteiger charge is 2.52. The zero-order chi connectivity index (χ0) is 31.6. The van der Waals surface area contributed by atoms with Crippen molar-refractivity contribution in [2.24, 2.45) is 4.99 Å². The Morgan fingerprint density at radius 3 is 2.31 bits per heavy atom. The van der Waals surface area contributed by atoms with E-state index in [4.69, 9.17) is 29.0 Å². The molecular weight excluding hydrogens is 568 g/mol. The predicted molar refractivity (Wildman–Crippen MR) is 175 cm³/mol. The van der Waals surface area contributed by atoms with Gasteiger partial charge in [0.1, 0.15) is 5.75 Å². The lowest BCUT2D eigenvalue weighted by Crippen LogP contribution is -2.47. The number of nitrogens with zero attached hydrogens (tertiary/aromatic N) is 1. The zero-order valence-electron chi connectivity index (χ0n) is 25.6. The number of hydrogen-bond acceptors (Lipinski definition) is 7. The molecule has 45 heavy (non-hydrogen) atoms. The normalized spacial score (nSPS) is 17.1. The van der Waals surface area contributed by atoms with Crippen LogP contribution in [0.5, 0.6) is 17.2 Å². The molecule has 1 aliphatic rings. The highest BCUT2D eigenvalue weighted by Crippen LogP contribution is 2.43. The number of hydrogen-bond donors (Lipinski definition) is 2. The molecule has 1 aliphatic heterocycles. The molecule has 5 rings (SSSR count). The first kappa shape index (κ1) is 31.3. The molecule has 1 heterocycles. The van der Waals surface area contributed by atoms with Crippen LogP contribution in [-0.2, 0) is 16.1 Å². The lowest BCUT2D eigenvalue weighted by molar-refractivity contribution is -0.129. The first-order valence-electron chi connectivity index (χ1n) is 14.9. The number of ether oxygens (including phenoxy) is 4. The summed E-state index contributed by atoms with van der Waals surface area (Å²) in [5.41, 5.74) is 3.11. The van der Waals surface area contributed by atoms with E-state index in [1.54, 1.807) is 20.3 Å². The topological polar surface area (TPSA) is 98.6 Å². The highest BCUT2D eigenvalue weighted by molar-refractivity contribution is 6.01. The third kappa shape index (κ3) is 6.86. The second-order valence-corrected chi connectivity index (χ2v) is 10.6. The van der Waals surface area contributed by atoms with Crippen molar-refractivity contribution in [1.29, 1.82) is 0 Å². The van der Waals surface area contributed by atoms with Crippen LogP contribution in [0, 0.1) is 0 Å². The van der Waals surface area contributed by atoms with Crippen LogP contribution in [0.4, 0.5) is 0 Å². The van der Waals surface area contributed by atoms with Crippen molar-refractivity contribution < 1.29 is 28.8 Å². The lowest BCUT2D eigenvalue weighted by atomic mass is 9.84. The summed E-state index contributed by atoms with van der Waals surface area (Å²) < 4.78 is 23.3. The Balaban J connectivity index is 1.49. The van der Waals surface area contributed by atoms with Crippen LogP contribution in [0.25, 0.3) is 11.1 Å². The largest absolute Gasteiger partial charge is 0.494 e. The van der Waals surface area contributed by atoms with E-state index in [-0.39, 0.29) is 25.5 Å². The van der Waals surface area contributed by atoms with Gasteiger partial charge in [0.05, 0.1) is 20.8 Å². The number of aliphatic hydroxyl groups excluding tert-OH is 1. The molecular formula is C37H38N2O6. The molecule has 4 aromatic rings. The van der Waals surface area contributed by atoms with Gasteiger partial charge in [-0.15, -0.1) is 6.58 Å². The quantitative estimate of drug-likeness (QED) is 0.130. The molecule has 0 spiro atoms. The minimum Gasteiger partial charge on any atom is -0.494 e. The average Bonchev–Trinajstić information content (AvgIpc) is 3.48. The highest BCUT2D eigenvalue weighted by atomic mass is 16.5. The molecule has 8 heteroatoms. The maximum Gasteiger partial charge on any atom is 0.252 e. The summed E-state index contributed by atoms with van der Waals surface area (Å²) in [5, 5.41) is 12.1. The third-order valence-corrected chi connectivity index (χ3v) is 7.73. The van der Waals surface area contributed by atoms with Crippen molar-refractivity contribution >= 4 is 11.8 Å². The number of rotatable bonds is 14. The fourth-order valence-corrected chi connectivity index (χ4v) is 5.44. The van der Waals surface area contributed by atoms with Gasteiger partial charge in [0, 0.05) is 37.1 Å². The van der Waals surface area contributed by atoms with Gasteiger partial charge in [-0.25, -0.2) is 4.99 Å². The van der Waals surface area contributed by atoms with Crippen molar-refractivity contribution in [1.82, 2.24) is 5.32 Å². The molecule has 0 unspecified atom stereocenters. The van der Waals surface area contributed by atoms with E-state index in [0.717, 1.165) is 22.3 Å². The summed E-state index contributed by atoms with van der Waals surface area (Å²) in [6.07, 6.45) is 1.77. The van der Waals surface area contributed by atoms with Crippen LogP contribution in [-0.4, -0.2) is 49.9 Å². The molecule has 1 amide bonds. The van der Waals surface area contributed by atoms with Crippen LogP contribution < -0.4 is 19.5 Å². The molecule has 0 fully saturated rings. The van der Waals surface area contributed by atoms with Gasteiger partial charge in [-0.05, 0) is 47.0 Å². The van der Waals surface area contributed by atoms with Gasteiger partial charge in [0.25, 0.3) is 5.91 Å². The van der Waals surface area contributed by atoms with Gasteiger partial charge in [-0.3, -0.25) is 4.79 Å². The smallest absolute Gasteiger partial charge is 0.252 e. The molecule has 2 atom stereocenters. The summed E-state index contributed by atoms with van der Waals surface area (Å²) in [6.45, 7) is 4.64. The van der Waals surface area contributed by atoms with E-state index >= 15 is 0 Å². The molecule has 4 aromatic carbocycles. The Labute approximate surface area is 264 Å². The number of aliphatic imine (C=N–C) groups is 1. The predicted octanol–water partition coefficient (Wildman–Crippen LogP) is 6.28. The van der Waals surface area contributed by atoms with Gasteiger partial charge < -0.3 is 29.4 Å². The molecule has 0 bridgehead atoms. The molecule has 232 valence electrons. The second-order valence-electron chi connectivity index (χ2n) is 10.6. The number of carbonyl (C=O) groups is 1. The summed E-state index contributed by atoms with van der Waals surface area (Å²) >= 11 is 0. The van der Waals surface area contributed by atoms with Gasteiger partial charge in [-0.1, -0.05) is 72.8 Å². The van der Waals surface area contributed by atoms with Crippen LogP contribution in [0.3, 0.4) is 0 Å². The molecule has 0 saturated carbocycles. The van der Waals surface area contributed by atoms with Crippen LogP contribution in [0.1, 0.15) is 35.6 Å². The summed E-state index contributed by atoms with van der Waals surface area (Å²) in [7, 11) is 3.15. The average molecular weight is 607 g/mol. The monoisotopic (exact) mass is 606 g/mol. The number of aliphatic hydroxyl groups is 1. The Morgan fingerprint density at radius 1 is 0.933 bits per heavy atom. The minimum atomic E-state index is -1.33. The van der Waals surface area contributed by atoms with Crippen LogP contribution >= 0.6 is 0 Å². The first-order chi connectivity index (χ1) is 22.0. The van der Waals surface area contributed by atoms with Gasteiger partial charge in [0.15, 0.2) is 23.1 Å². The van der Waals surface area contributed by atoms with E-state index in [1.807, 2.05) is 84.9 Å². The van der Waals surface area contributed by atoms with Gasteiger partial charge >= 0.3 is 0 Å². The van der Waals surface area contributed by atoms with E-state index in [0.29, 0.717) is 41.7 Å². The van der Waals surface area contributed by atoms with Crippen LogP contribution in [0.15, 0.2) is 115 Å². The van der Waals surface area contributed by atoms with E-state index in [9.17, 15) is 4.79 Å². The summed E-state index contributed by atoms with van der Waals surface area (Å²) in [4.78, 5) is 19.3. The van der Waals surface area contributed by atoms with Crippen molar-refractivity contribution in [2.45, 2.75) is 31.0 Å². The molecule has 2 N–H and O–H groups in total. The molecule has 0 radical (unpaired) electrons. The maximum atomic E-state index is 14.3. The fourth-order valence-electron chi connectivity index (χ4n) is 5.44. The van der Waals surface area contributed by atoms with Crippen molar-refractivity contribution in [2.75, 3.05) is 27.4 Å². The van der Waals surface area contributed by atoms with Gasteiger partial charge in [-0.2, -0.15) is 0 Å². The van der Waals surface area contributed by atoms with E-state index in [2.05, 4.69) is 24.0 Å². The summed E-state index contributed by atoms with van der Waals surface area (Å²) in [5.74, 6) is 1.85. The van der Waals surface area contributed by atoms with Crippen molar-refractivity contribution in [3.63, 3.8) is 0 Å². The SMILES string of the molecule is C=CC[C@@]1(C(=O)NCc2cccc(OC)c2OC)N=C(c2ccc(OCCCO)cc2)O[C@@H]1c1ccc(-c2ccccc2)cc1. The Bertz CT molecular complexity index is 1620. The Hall–Kier alpha value is -5.08. The number of nitrogens with one attached hydrogen (secondary N) is 1. The Kier molecular flexibility index (Phi) is 10.2. The zero-order valence-corrected chi connectivity index (χ0v) is 25.6. The fraction of sp³-hybridized carbons (Fsp3) is 0.243. The van der Waals surface area contributed by atoms with E-state index in [1.165, 1.54) is 0 Å². The number of benzene rings is 4. The number of amides is 1. The van der Waals surface area contributed by atoms with Gasteiger partial charge in [0.2, 0.25) is 5.90 Å². The number of carbonyl (C=O) groups excluding carboxylic acids is 1. The van der Waals surface area contributed by atoms with E-state index < -0.39 is 11.6 Å².